The molecule has 0 saturated carbocycles. The molecule has 0 rings (SSSR count). The average Bonchev–Trinajstić information content (AvgIpc) is 2.39. The molecular weight excluding hydrogens is 256 g/mol. The summed E-state index contributed by atoms with van der Waals surface area (Å²) in [6.45, 7) is 12.9. The molecule has 0 saturated heterocycles. The van der Waals surface area contributed by atoms with Crippen molar-refractivity contribution in [2.45, 2.75) is 52.4 Å². The third-order valence-corrected chi connectivity index (χ3v) is 2.90. The zero-order chi connectivity index (χ0) is 15.4. The summed E-state index contributed by atoms with van der Waals surface area (Å²) in [6.07, 6.45) is 0.956. The molecule has 0 radical (unpaired) electrons. The summed E-state index contributed by atoms with van der Waals surface area (Å²) >= 11 is 0. The maximum Gasteiger partial charge on any atom is 0.0781 e. The van der Waals surface area contributed by atoms with Crippen LogP contribution in [0.2, 0.25) is 0 Å². The van der Waals surface area contributed by atoms with Crippen molar-refractivity contribution < 1.29 is 14.6 Å². The Kier molecular flexibility index (Phi) is 12.4. The molecule has 3 atom stereocenters. The van der Waals surface area contributed by atoms with Gasteiger partial charge in [0.2, 0.25) is 0 Å². The monoisotopic (exact) mass is 290 g/mol. The van der Waals surface area contributed by atoms with Gasteiger partial charge >= 0.3 is 0 Å². The van der Waals surface area contributed by atoms with Gasteiger partial charge in [-0.05, 0) is 40.8 Å². The van der Waals surface area contributed by atoms with Crippen LogP contribution in [0.15, 0.2) is 0 Å². The molecule has 0 heterocycles. The predicted molar refractivity (Wildman–Crippen MR) is 83.2 cm³/mol. The lowest BCUT2D eigenvalue weighted by atomic mass is 10.3. The first-order chi connectivity index (χ1) is 9.45. The van der Waals surface area contributed by atoms with E-state index >= 15 is 0 Å². The summed E-state index contributed by atoms with van der Waals surface area (Å²) in [5, 5.41) is 12.5. The van der Waals surface area contributed by atoms with Crippen molar-refractivity contribution in [3.63, 3.8) is 0 Å². The van der Waals surface area contributed by atoms with E-state index in [0.717, 1.165) is 26.2 Å². The van der Waals surface area contributed by atoms with Crippen molar-refractivity contribution in [2.24, 2.45) is 0 Å². The largest absolute Gasteiger partial charge is 0.391 e. The molecule has 5 heteroatoms. The summed E-state index contributed by atoms with van der Waals surface area (Å²) in [4.78, 5) is 2.27. The SMILES string of the molecule is CCCNCCN(C)CC(C)OCC(C)OCC(C)O. The Morgan fingerprint density at radius 3 is 2.30 bits per heavy atom. The van der Waals surface area contributed by atoms with Gasteiger partial charge in [0.25, 0.3) is 0 Å². The van der Waals surface area contributed by atoms with E-state index in [1.54, 1.807) is 6.92 Å². The molecule has 0 aromatic carbocycles. The summed E-state index contributed by atoms with van der Waals surface area (Å²) in [6, 6.07) is 0. The third-order valence-electron chi connectivity index (χ3n) is 2.90. The van der Waals surface area contributed by atoms with E-state index in [-0.39, 0.29) is 12.2 Å². The average molecular weight is 290 g/mol. The fourth-order valence-corrected chi connectivity index (χ4v) is 1.81. The molecule has 0 fully saturated rings. The van der Waals surface area contributed by atoms with Gasteiger partial charge in [-0.25, -0.2) is 0 Å². The first-order valence-corrected chi connectivity index (χ1v) is 7.76. The lowest BCUT2D eigenvalue weighted by molar-refractivity contribution is -0.0569. The Balaban J connectivity index is 3.58. The summed E-state index contributed by atoms with van der Waals surface area (Å²) in [7, 11) is 2.11. The molecule has 0 aliphatic carbocycles. The number of hydrogen-bond acceptors (Lipinski definition) is 5. The van der Waals surface area contributed by atoms with Crippen LogP contribution in [-0.4, -0.2) is 74.8 Å². The number of rotatable bonds is 13. The van der Waals surface area contributed by atoms with Crippen LogP contribution in [0.25, 0.3) is 0 Å². The van der Waals surface area contributed by atoms with E-state index < -0.39 is 6.10 Å². The van der Waals surface area contributed by atoms with Crippen LogP contribution in [0.4, 0.5) is 0 Å². The molecule has 20 heavy (non-hydrogen) atoms. The van der Waals surface area contributed by atoms with Crippen molar-refractivity contribution in [1.29, 1.82) is 0 Å². The van der Waals surface area contributed by atoms with Gasteiger partial charge in [0.15, 0.2) is 0 Å². The Morgan fingerprint density at radius 2 is 1.70 bits per heavy atom. The Morgan fingerprint density at radius 1 is 1.05 bits per heavy atom. The summed E-state index contributed by atoms with van der Waals surface area (Å²) in [5.41, 5.74) is 0. The van der Waals surface area contributed by atoms with Gasteiger partial charge in [0.1, 0.15) is 0 Å². The third kappa shape index (κ3) is 12.8. The predicted octanol–water partition coefficient (Wildman–Crippen LogP) is 1.11. The Hall–Kier alpha value is -0.200. The van der Waals surface area contributed by atoms with Crippen LogP contribution in [0.1, 0.15) is 34.1 Å². The molecule has 0 aliphatic rings. The zero-order valence-corrected chi connectivity index (χ0v) is 13.9. The highest BCUT2D eigenvalue weighted by Crippen LogP contribution is 1.99. The molecule has 122 valence electrons. The van der Waals surface area contributed by atoms with Gasteiger partial charge in [0, 0.05) is 19.6 Å². The highest BCUT2D eigenvalue weighted by atomic mass is 16.5. The minimum atomic E-state index is -0.420. The van der Waals surface area contributed by atoms with Gasteiger partial charge in [-0.2, -0.15) is 0 Å². The molecule has 0 bridgehead atoms. The van der Waals surface area contributed by atoms with Crippen LogP contribution in [0.5, 0.6) is 0 Å². The first kappa shape index (κ1) is 19.8. The second-order valence-electron chi connectivity index (χ2n) is 5.65. The van der Waals surface area contributed by atoms with E-state index in [1.165, 1.54) is 6.42 Å². The van der Waals surface area contributed by atoms with Crippen molar-refractivity contribution in [2.75, 3.05) is 46.4 Å². The highest BCUT2D eigenvalue weighted by Gasteiger charge is 2.10. The lowest BCUT2D eigenvalue weighted by Crippen LogP contribution is -2.36. The molecule has 0 aromatic rings. The number of aliphatic hydroxyl groups excluding tert-OH is 1. The molecule has 0 spiro atoms. The van der Waals surface area contributed by atoms with Gasteiger partial charge in [-0.1, -0.05) is 6.92 Å². The Bertz CT molecular complexity index is 215. The zero-order valence-electron chi connectivity index (χ0n) is 13.9. The van der Waals surface area contributed by atoms with Gasteiger partial charge in [-0.15, -0.1) is 0 Å². The topological polar surface area (TPSA) is 54.0 Å². The minimum absolute atomic E-state index is 0.0172. The number of nitrogens with zero attached hydrogens (tertiary/aromatic N) is 1. The standard InChI is InChI=1S/C15H34N2O3/c1-6-7-16-8-9-17(5)10-14(3)20-12-15(4)19-11-13(2)18/h13-16,18H,6-12H2,1-5H3. The molecule has 0 aliphatic heterocycles. The van der Waals surface area contributed by atoms with Crippen molar-refractivity contribution in [3.8, 4) is 0 Å². The van der Waals surface area contributed by atoms with Gasteiger partial charge in [-0.3, -0.25) is 0 Å². The number of nitrogens with one attached hydrogen (secondary N) is 1. The molecular formula is C15H34N2O3. The molecule has 3 unspecified atom stereocenters. The van der Waals surface area contributed by atoms with E-state index in [9.17, 15) is 0 Å². The molecule has 5 nitrogen and oxygen atoms in total. The van der Waals surface area contributed by atoms with Crippen LogP contribution in [0, 0.1) is 0 Å². The maximum absolute atomic E-state index is 9.14. The van der Waals surface area contributed by atoms with Crippen LogP contribution in [-0.2, 0) is 9.47 Å². The normalized spacial score (nSPS) is 16.4. The van der Waals surface area contributed by atoms with E-state index in [0.29, 0.717) is 13.2 Å². The minimum Gasteiger partial charge on any atom is -0.391 e. The van der Waals surface area contributed by atoms with Crippen LogP contribution < -0.4 is 5.32 Å². The molecule has 0 amide bonds. The maximum atomic E-state index is 9.14. The smallest absolute Gasteiger partial charge is 0.0781 e. The fraction of sp³-hybridized carbons (Fsp3) is 1.00. The van der Waals surface area contributed by atoms with Gasteiger partial charge in [0.05, 0.1) is 31.5 Å². The van der Waals surface area contributed by atoms with Crippen molar-refractivity contribution in [1.82, 2.24) is 10.2 Å². The highest BCUT2D eigenvalue weighted by molar-refractivity contribution is 4.61. The molecule has 0 aromatic heterocycles. The first-order valence-electron chi connectivity index (χ1n) is 7.76. The van der Waals surface area contributed by atoms with Crippen molar-refractivity contribution >= 4 is 0 Å². The van der Waals surface area contributed by atoms with Crippen LogP contribution in [0.3, 0.4) is 0 Å². The Labute approximate surface area is 124 Å². The van der Waals surface area contributed by atoms with E-state index in [2.05, 4.69) is 31.1 Å². The number of hydrogen-bond donors (Lipinski definition) is 2. The molecule has 2 N–H and O–H groups in total. The van der Waals surface area contributed by atoms with E-state index in [4.69, 9.17) is 14.6 Å². The number of aliphatic hydroxyl groups is 1. The second-order valence-corrected chi connectivity index (χ2v) is 5.65. The van der Waals surface area contributed by atoms with Gasteiger partial charge < -0.3 is 24.8 Å². The fourth-order valence-electron chi connectivity index (χ4n) is 1.81. The second kappa shape index (κ2) is 12.5. The van der Waals surface area contributed by atoms with Crippen molar-refractivity contribution in [3.05, 3.63) is 0 Å². The summed E-state index contributed by atoms with van der Waals surface area (Å²) < 4.78 is 11.2. The number of likely N-dealkylation sites (N-methyl/N-ethyl adjacent to an activating group) is 1. The van der Waals surface area contributed by atoms with Crippen LogP contribution >= 0.6 is 0 Å². The van der Waals surface area contributed by atoms with E-state index in [1.807, 2.05) is 6.92 Å². The lowest BCUT2D eigenvalue weighted by Gasteiger charge is -2.23. The quantitative estimate of drug-likeness (QED) is 0.498. The summed E-state index contributed by atoms with van der Waals surface area (Å²) in [5.74, 6) is 0. The number of ether oxygens (including phenoxy) is 2.